The van der Waals surface area contributed by atoms with E-state index in [1.54, 1.807) is 0 Å². The first-order chi connectivity index (χ1) is 3.77. The Labute approximate surface area is 56.2 Å². The zero-order chi connectivity index (χ0) is 6.41. The van der Waals surface area contributed by atoms with E-state index >= 15 is 0 Å². The highest BCUT2D eigenvalue weighted by molar-refractivity contribution is 8.68. The van der Waals surface area contributed by atoms with Gasteiger partial charge >= 0.3 is 8.25 Å². The Hall–Kier alpha value is 0.680. The molecule has 48 valence electrons. The molecule has 8 heavy (non-hydrogen) atoms. The lowest BCUT2D eigenvalue weighted by Crippen LogP contribution is -1.81. The lowest BCUT2D eigenvalue weighted by molar-refractivity contribution is -0.186. The predicted octanol–water partition coefficient (Wildman–Crippen LogP) is 1.12. The Balaban J connectivity index is 2.82. The van der Waals surface area contributed by atoms with Crippen LogP contribution in [0, 0.1) is 0 Å². The molecule has 0 aromatic heterocycles. The van der Waals surface area contributed by atoms with Crippen molar-refractivity contribution in [2.75, 3.05) is 5.94 Å². The van der Waals surface area contributed by atoms with Gasteiger partial charge in [0.2, 0.25) is 0 Å². The van der Waals surface area contributed by atoms with E-state index in [1.807, 2.05) is 0 Å². The average molecular weight is 175 g/mol. The maximum absolute atomic E-state index is 9.64. The molecule has 0 aromatic rings. The Kier molecular flexibility index (Phi) is 6.30. The van der Waals surface area contributed by atoms with E-state index in [4.69, 9.17) is 4.89 Å². The Morgan fingerprint density at radius 2 is 2.50 bits per heavy atom. The van der Waals surface area contributed by atoms with Gasteiger partial charge in [0.1, 0.15) is 5.94 Å². The van der Waals surface area contributed by atoms with E-state index in [9.17, 15) is 4.57 Å². The molecule has 0 aliphatic heterocycles. The summed E-state index contributed by atoms with van der Waals surface area (Å²) in [5.41, 5.74) is 0. The second-order valence-electron chi connectivity index (χ2n) is 0.677. The third-order valence-corrected chi connectivity index (χ3v) is 0.968. The highest BCUT2D eigenvalue weighted by atomic mass is 33.1. The van der Waals surface area contributed by atoms with E-state index in [2.05, 4.69) is 21.2 Å². The topological polar surface area (TPSA) is 55.8 Å². The van der Waals surface area contributed by atoms with Crippen LogP contribution in [0.4, 0.5) is 0 Å². The van der Waals surface area contributed by atoms with Crippen LogP contribution in [0.15, 0.2) is 0 Å². The molecule has 0 aromatic carbocycles. The van der Waals surface area contributed by atoms with Crippen LogP contribution in [0.25, 0.3) is 0 Å². The second kappa shape index (κ2) is 5.81. The molecule has 0 rings (SSSR count). The van der Waals surface area contributed by atoms with Crippen molar-refractivity contribution in [3.8, 4) is 0 Å². The van der Waals surface area contributed by atoms with Crippen molar-refractivity contribution in [3.05, 3.63) is 0 Å². The first kappa shape index (κ1) is 8.68. The van der Waals surface area contributed by atoms with Crippen molar-refractivity contribution < 1.29 is 19.0 Å². The summed E-state index contributed by atoms with van der Waals surface area (Å²) >= 11 is 3.66. The molecule has 0 amide bonds. The minimum Gasteiger partial charge on any atom is -0.175 e. The SMILES string of the molecule is O=[P+](O)OOCSS. The smallest absolute Gasteiger partial charge is 0.175 e. The zero-order valence-corrected chi connectivity index (χ0v) is 6.29. The van der Waals surface area contributed by atoms with Gasteiger partial charge in [0.05, 0.1) is 4.67 Å². The molecular formula is CH4O4PS2+. The third kappa shape index (κ3) is 6.68. The molecule has 0 saturated carbocycles. The Morgan fingerprint density at radius 3 is 2.88 bits per heavy atom. The van der Waals surface area contributed by atoms with Crippen molar-refractivity contribution in [1.29, 1.82) is 0 Å². The minimum absolute atomic E-state index is 0.130. The van der Waals surface area contributed by atoms with E-state index in [-0.39, 0.29) is 5.94 Å². The van der Waals surface area contributed by atoms with Gasteiger partial charge in [-0.1, -0.05) is 10.8 Å². The summed E-state index contributed by atoms with van der Waals surface area (Å²) in [4.78, 5) is 12.0. The molecule has 0 aliphatic carbocycles. The van der Waals surface area contributed by atoms with Crippen LogP contribution >= 0.6 is 30.7 Å². The first-order valence-corrected chi connectivity index (χ1v) is 4.66. The largest absolute Gasteiger partial charge is 0.726 e. The summed E-state index contributed by atoms with van der Waals surface area (Å²) in [7, 11) is -1.58. The summed E-state index contributed by atoms with van der Waals surface area (Å²) < 4.78 is 13.4. The maximum atomic E-state index is 9.64. The van der Waals surface area contributed by atoms with Crippen LogP contribution in [0.2, 0.25) is 0 Å². The van der Waals surface area contributed by atoms with Gasteiger partial charge in [0.25, 0.3) is 0 Å². The molecule has 0 aliphatic rings. The monoisotopic (exact) mass is 175 g/mol. The molecule has 1 unspecified atom stereocenters. The second-order valence-corrected chi connectivity index (χ2v) is 2.57. The third-order valence-electron chi connectivity index (χ3n) is 0.217. The molecule has 1 atom stereocenters. The fourth-order valence-electron chi connectivity index (χ4n) is 0.0881. The van der Waals surface area contributed by atoms with Gasteiger partial charge in [-0.05, 0) is 0 Å². The number of hydrogen-bond donors (Lipinski definition) is 2. The molecule has 0 radical (unpaired) electrons. The van der Waals surface area contributed by atoms with Gasteiger partial charge in [0.15, 0.2) is 0 Å². The predicted molar refractivity (Wildman–Crippen MR) is 33.4 cm³/mol. The maximum Gasteiger partial charge on any atom is 0.726 e. The van der Waals surface area contributed by atoms with E-state index in [0.29, 0.717) is 0 Å². The normalized spacial score (nSPS) is 11.5. The lowest BCUT2D eigenvalue weighted by Gasteiger charge is -1.83. The molecule has 0 fully saturated rings. The number of rotatable bonds is 4. The summed E-state index contributed by atoms with van der Waals surface area (Å²) in [5, 5.41) is 0. The molecule has 7 heteroatoms. The van der Waals surface area contributed by atoms with Gasteiger partial charge < -0.3 is 0 Å². The quantitative estimate of drug-likeness (QED) is 0.127. The standard InChI is InChI=1S/CH3O4PS2/c2-6(3)5-4-1-8-7/h1H2,(H-,2,3,7)/p+1. The van der Waals surface area contributed by atoms with E-state index in [0.717, 1.165) is 10.8 Å². The van der Waals surface area contributed by atoms with Gasteiger partial charge in [0, 0.05) is 4.57 Å². The van der Waals surface area contributed by atoms with Crippen LogP contribution < -0.4 is 0 Å². The molecule has 0 saturated heterocycles. The fourth-order valence-corrected chi connectivity index (χ4v) is 0.523. The minimum atomic E-state index is -2.63. The van der Waals surface area contributed by atoms with Gasteiger partial charge in [-0.3, -0.25) is 0 Å². The Bertz CT molecular complexity index is 76.4. The summed E-state index contributed by atoms with van der Waals surface area (Å²) in [6.07, 6.45) is 0. The van der Waals surface area contributed by atoms with Crippen LogP contribution in [0.5, 0.6) is 0 Å². The summed E-state index contributed by atoms with van der Waals surface area (Å²) in [6.45, 7) is 0. The molecule has 0 bridgehead atoms. The van der Waals surface area contributed by atoms with Crippen molar-refractivity contribution in [1.82, 2.24) is 0 Å². The molecular weight excluding hydrogens is 171 g/mol. The van der Waals surface area contributed by atoms with Gasteiger partial charge in [-0.25, -0.2) is 0 Å². The van der Waals surface area contributed by atoms with Crippen molar-refractivity contribution in [2.45, 2.75) is 0 Å². The molecule has 4 nitrogen and oxygen atoms in total. The highest BCUT2D eigenvalue weighted by Gasteiger charge is 2.12. The van der Waals surface area contributed by atoms with E-state index in [1.165, 1.54) is 0 Å². The van der Waals surface area contributed by atoms with Crippen LogP contribution in [-0.2, 0) is 14.1 Å². The van der Waals surface area contributed by atoms with Crippen LogP contribution in [0.1, 0.15) is 0 Å². The van der Waals surface area contributed by atoms with Gasteiger partial charge in [-0.2, -0.15) is 4.89 Å². The van der Waals surface area contributed by atoms with Crippen molar-refractivity contribution >= 4 is 30.7 Å². The molecule has 1 N–H and O–H groups in total. The van der Waals surface area contributed by atoms with Crippen molar-refractivity contribution in [3.63, 3.8) is 0 Å². The summed E-state index contributed by atoms with van der Waals surface area (Å²) in [6, 6.07) is 0. The number of hydrogen-bond acceptors (Lipinski definition) is 5. The highest BCUT2D eigenvalue weighted by Crippen LogP contribution is 2.16. The summed E-state index contributed by atoms with van der Waals surface area (Å²) in [5.74, 6) is 0.130. The van der Waals surface area contributed by atoms with Crippen molar-refractivity contribution in [2.24, 2.45) is 0 Å². The Morgan fingerprint density at radius 1 is 1.88 bits per heavy atom. The number of thiol groups is 1. The first-order valence-electron chi connectivity index (χ1n) is 1.49. The van der Waals surface area contributed by atoms with E-state index < -0.39 is 8.25 Å². The van der Waals surface area contributed by atoms with Crippen LogP contribution in [0.3, 0.4) is 0 Å². The zero-order valence-electron chi connectivity index (χ0n) is 3.68. The van der Waals surface area contributed by atoms with Gasteiger partial charge in [-0.15, -0.1) is 16.6 Å². The lowest BCUT2D eigenvalue weighted by atomic mass is 11.7. The molecule has 0 heterocycles. The molecule has 0 spiro atoms. The fraction of sp³-hybridized carbons (Fsp3) is 1.00. The van der Waals surface area contributed by atoms with Crippen LogP contribution in [-0.4, -0.2) is 10.8 Å². The average Bonchev–Trinajstić information content (AvgIpc) is 1.66.